The molecule has 0 radical (unpaired) electrons. The molecule has 0 heterocycles. The van der Waals surface area contributed by atoms with Gasteiger partial charge >= 0.3 is 0 Å². The maximum absolute atomic E-state index is 10.6. The van der Waals surface area contributed by atoms with E-state index in [4.69, 9.17) is 10.5 Å². The van der Waals surface area contributed by atoms with E-state index in [0.29, 0.717) is 13.0 Å². The normalized spacial score (nSPS) is 12.2. The Morgan fingerprint density at radius 1 is 1.59 bits per heavy atom. The molecule has 0 aromatic heterocycles. The molecule has 1 amide bonds. The highest BCUT2D eigenvalue weighted by molar-refractivity contribution is 9.10. The summed E-state index contributed by atoms with van der Waals surface area (Å²) < 4.78 is 6.08. The Balaban J connectivity index is 2.59. The number of carbonyl (C=O) groups excluding carboxylic acids is 1. The Morgan fingerprint density at radius 2 is 2.29 bits per heavy atom. The SMILES string of the molecule is COc1ccc(C(C)NCCC(N)=O)cc1Br. The summed E-state index contributed by atoms with van der Waals surface area (Å²) in [6.07, 6.45) is 0.349. The Morgan fingerprint density at radius 3 is 2.82 bits per heavy atom. The van der Waals surface area contributed by atoms with Crippen molar-refractivity contribution in [1.29, 1.82) is 0 Å². The fraction of sp³-hybridized carbons (Fsp3) is 0.417. The number of ether oxygens (including phenoxy) is 1. The molecule has 4 nitrogen and oxygen atoms in total. The van der Waals surface area contributed by atoms with E-state index in [1.165, 1.54) is 0 Å². The molecule has 5 heteroatoms. The second-order valence-corrected chi connectivity index (χ2v) is 4.64. The molecule has 3 N–H and O–H groups in total. The quantitative estimate of drug-likeness (QED) is 0.844. The van der Waals surface area contributed by atoms with Gasteiger partial charge in [-0.1, -0.05) is 6.07 Å². The molecule has 1 unspecified atom stereocenters. The average molecular weight is 301 g/mol. The van der Waals surface area contributed by atoms with Gasteiger partial charge in [0.2, 0.25) is 5.91 Å². The summed E-state index contributed by atoms with van der Waals surface area (Å²) >= 11 is 3.44. The summed E-state index contributed by atoms with van der Waals surface area (Å²) in [7, 11) is 1.63. The first-order valence-corrected chi connectivity index (χ1v) is 6.19. The van der Waals surface area contributed by atoms with Crippen LogP contribution in [0.1, 0.15) is 24.9 Å². The second kappa shape index (κ2) is 6.61. The fourth-order valence-electron chi connectivity index (χ4n) is 1.48. The molecule has 0 spiro atoms. The van der Waals surface area contributed by atoms with E-state index in [9.17, 15) is 4.79 Å². The van der Waals surface area contributed by atoms with Gasteiger partial charge in [0.1, 0.15) is 5.75 Å². The van der Waals surface area contributed by atoms with E-state index in [-0.39, 0.29) is 11.9 Å². The third kappa shape index (κ3) is 4.36. The van der Waals surface area contributed by atoms with Gasteiger partial charge in [0, 0.05) is 19.0 Å². The Hall–Kier alpha value is -1.07. The highest BCUT2D eigenvalue weighted by atomic mass is 79.9. The van der Waals surface area contributed by atoms with Crippen molar-refractivity contribution in [3.63, 3.8) is 0 Å². The Labute approximate surface area is 110 Å². The maximum atomic E-state index is 10.6. The number of benzene rings is 1. The lowest BCUT2D eigenvalue weighted by Gasteiger charge is -2.15. The van der Waals surface area contributed by atoms with Crippen LogP contribution in [0.4, 0.5) is 0 Å². The third-order valence-electron chi connectivity index (χ3n) is 2.50. The van der Waals surface area contributed by atoms with Gasteiger partial charge in [0.05, 0.1) is 11.6 Å². The number of primary amides is 1. The van der Waals surface area contributed by atoms with Crippen molar-refractivity contribution < 1.29 is 9.53 Å². The molecule has 0 aliphatic rings. The highest BCUT2D eigenvalue weighted by Crippen LogP contribution is 2.27. The van der Waals surface area contributed by atoms with Crippen molar-refractivity contribution in [2.24, 2.45) is 5.73 Å². The first-order chi connectivity index (χ1) is 8.04. The smallest absolute Gasteiger partial charge is 0.218 e. The number of rotatable bonds is 6. The van der Waals surface area contributed by atoms with Crippen LogP contribution in [0.2, 0.25) is 0 Å². The molecule has 1 aromatic rings. The molecule has 0 fully saturated rings. The van der Waals surface area contributed by atoms with Gasteiger partial charge in [-0.05, 0) is 40.5 Å². The summed E-state index contributed by atoms with van der Waals surface area (Å²) in [6.45, 7) is 2.62. The van der Waals surface area contributed by atoms with Crippen molar-refractivity contribution in [2.45, 2.75) is 19.4 Å². The molecular weight excluding hydrogens is 284 g/mol. The molecular formula is C12H17BrN2O2. The summed E-state index contributed by atoms with van der Waals surface area (Å²) in [5.41, 5.74) is 6.20. The first-order valence-electron chi connectivity index (χ1n) is 5.39. The average Bonchev–Trinajstić information content (AvgIpc) is 2.28. The van der Waals surface area contributed by atoms with E-state index >= 15 is 0 Å². The first kappa shape index (κ1) is 14.0. The minimum atomic E-state index is -0.291. The summed E-state index contributed by atoms with van der Waals surface area (Å²) in [5, 5.41) is 3.23. The van der Waals surface area contributed by atoms with Gasteiger partial charge in [-0.15, -0.1) is 0 Å². The van der Waals surface area contributed by atoms with Crippen molar-refractivity contribution in [1.82, 2.24) is 5.32 Å². The number of halogens is 1. The zero-order chi connectivity index (χ0) is 12.8. The van der Waals surface area contributed by atoms with Crippen LogP contribution in [-0.2, 0) is 4.79 Å². The topological polar surface area (TPSA) is 64.3 Å². The number of methoxy groups -OCH3 is 1. The number of nitrogens with one attached hydrogen (secondary N) is 1. The van der Waals surface area contributed by atoms with Crippen molar-refractivity contribution in [3.8, 4) is 5.75 Å². The molecule has 0 aliphatic heterocycles. The molecule has 94 valence electrons. The van der Waals surface area contributed by atoms with Crippen LogP contribution in [0, 0.1) is 0 Å². The van der Waals surface area contributed by atoms with Gasteiger partial charge in [-0.2, -0.15) is 0 Å². The number of amides is 1. The number of nitrogens with two attached hydrogens (primary N) is 1. The maximum Gasteiger partial charge on any atom is 0.218 e. The van der Waals surface area contributed by atoms with E-state index in [0.717, 1.165) is 15.8 Å². The van der Waals surface area contributed by atoms with E-state index in [2.05, 4.69) is 21.2 Å². The zero-order valence-electron chi connectivity index (χ0n) is 10.00. The lowest BCUT2D eigenvalue weighted by atomic mass is 10.1. The van der Waals surface area contributed by atoms with E-state index in [1.54, 1.807) is 7.11 Å². The van der Waals surface area contributed by atoms with Crippen LogP contribution < -0.4 is 15.8 Å². The number of hydrogen-bond acceptors (Lipinski definition) is 3. The summed E-state index contributed by atoms with van der Waals surface area (Å²) in [6, 6.07) is 6.06. The highest BCUT2D eigenvalue weighted by Gasteiger charge is 2.08. The van der Waals surface area contributed by atoms with Gasteiger partial charge < -0.3 is 15.8 Å². The Bertz CT molecular complexity index is 396. The molecule has 1 aromatic carbocycles. The fourth-order valence-corrected chi connectivity index (χ4v) is 2.04. The third-order valence-corrected chi connectivity index (χ3v) is 3.12. The van der Waals surface area contributed by atoms with Crippen LogP contribution in [0.15, 0.2) is 22.7 Å². The van der Waals surface area contributed by atoms with Gasteiger partial charge in [-0.3, -0.25) is 4.79 Å². The minimum Gasteiger partial charge on any atom is -0.496 e. The van der Waals surface area contributed by atoms with E-state index in [1.807, 2.05) is 25.1 Å². The van der Waals surface area contributed by atoms with Crippen molar-refractivity contribution >= 4 is 21.8 Å². The van der Waals surface area contributed by atoms with Crippen LogP contribution in [-0.4, -0.2) is 19.6 Å². The van der Waals surface area contributed by atoms with Crippen LogP contribution >= 0.6 is 15.9 Å². The van der Waals surface area contributed by atoms with E-state index < -0.39 is 0 Å². The molecule has 1 rings (SSSR count). The monoisotopic (exact) mass is 300 g/mol. The minimum absolute atomic E-state index is 0.163. The Kier molecular flexibility index (Phi) is 5.44. The predicted molar refractivity (Wildman–Crippen MR) is 70.9 cm³/mol. The van der Waals surface area contributed by atoms with Gasteiger partial charge in [0.15, 0.2) is 0 Å². The van der Waals surface area contributed by atoms with Crippen molar-refractivity contribution in [2.75, 3.05) is 13.7 Å². The second-order valence-electron chi connectivity index (χ2n) is 3.79. The van der Waals surface area contributed by atoms with Crippen molar-refractivity contribution in [3.05, 3.63) is 28.2 Å². The largest absolute Gasteiger partial charge is 0.496 e. The van der Waals surface area contributed by atoms with Crippen LogP contribution in [0.3, 0.4) is 0 Å². The molecule has 0 saturated carbocycles. The van der Waals surface area contributed by atoms with Crippen LogP contribution in [0.25, 0.3) is 0 Å². The zero-order valence-corrected chi connectivity index (χ0v) is 11.6. The lowest BCUT2D eigenvalue weighted by Crippen LogP contribution is -2.24. The number of hydrogen-bond donors (Lipinski definition) is 2. The predicted octanol–water partition coefficient (Wildman–Crippen LogP) is 1.98. The van der Waals surface area contributed by atoms with Crippen LogP contribution in [0.5, 0.6) is 5.75 Å². The summed E-state index contributed by atoms with van der Waals surface area (Å²) in [4.78, 5) is 10.6. The standard InChI is InChI=1S/C12H17BrN2O2/c1-8(15-6-5-12(14)16)9-3-4-11(17-2)10(13)7-9/h3-4,7-8,15H,5-6H2,1-2H3,(H2,14,16). The molecule has 0 saturated heterocycles. The molecule has 0 aliphatic carbocycles. The number of carbonyl (C=O) groups is 1. The molecule has 0 bridgehead atoms. The molecule has 17 heavy (non-hydrogen) atoms. The van der Waals surface area contributed by atoms with Gasteiger partial charge in [-0.25, -0.2) is 0 Å². The van der Waals surface area contributed by atoms with Gasteiger partial charge in [0.25, 0.3) is 0 Å². The summed E-state index contributed by atoms with van der Waals surface area (Å²) in [5.74, 6) is 0.513. The molecule has 1 atom stereocenters. The lowest BCUT2D eigenvalue weighted by molar-refractivity contribution is -0.117.